The Hall–Kier alpha value is -2.48. The van der Waals surface area contributed by atoms with Crippen molar-refractivity contribution in [1.29, 1.82) is 0 Å². The van der Waals surface area contributed by atoms with E-state index in [4.69, 9.17) is 4.74 Å². The number of morpholine rings is 1. The molecule has 0 bridgehead atoms. The van der Waals surface area contributed by atoms with Crippen LogP contribution in [0.5, 0.6) is 5.75 Å². The molecule has 1 aliphatic rings. The van der Waals surface area contributed by atoms with Crippen LogP contribution in [0.2, 0.25) is 0 Å². The highest BCUT2D eigenvalue weighted by Crippen LogP contribution is 2.24. The summed E-state index contributed by atoms with van der Waals surface area (Å²) in [6, 6.07) is 8.33. The highest BCUT2D eigenvalue weighted by Gasteiger charge is 2.31. The highest BCUT2D eigenvalue weighted by molar-refractivity contribution is 5.47. The Kier molecular flexibility index (Phi) is 4.48. The Balaban J connectivity index is 1.87. The number of halogens is 3. The van der Waals surface area contributed by atoms with Crippen molar-refractivity contribution in [2.45, 2.75) is 6.36 Å². The van der Waals surface area contributed by atoms with Gasteiger partial charge in [0, 0.05) is 31.0 Å². The van der Waals surface area contributed by atoms with Gasteiger partial charge in [-0.2, -0.15) is 0 Å². The van der Waals surface area contributed by atoms with Crippen molar-refractivity contribution in [1.82, 2.24) is 4.57 Å². The van der Waals surface area contributed by atoms with Crippen LogP contribution in [0, 0.1) is 0 Å². The van der Waals surface area contributed by atoms with Gasteiger partial charge in [0.05, 0.1) is 18.9 Å². The maximum atomic E-state index is 12.2. The Morgan fingerprint density at radius 1 is 0.958 bits per heavy atom. The van der Waals surface area contributed by atoms with Crippen molar-refractivity contribution in [3.63, 3.8) is 0 Å². The van der Waals surface area contributed by atoms with Gasteiger partial charge in [0.25, 0.3) is 5.56 Å². The van der Waals surface area contributed by atoms with Crippen LogP contribution in [0.4, 0.5) is 18.9 Å². The Bertz CT molecular complexity index is 750. The van der Waals surface area contributed by atoms with Crippen LogP contribution in [0.3, 0.4) is 0 Å². The van der Waals surface area contributed by atoms with Crippen LogP contribution in [-0.2, 0) is 4.74 Å². The van der Waals surface area contributed by atoms with Crippen molar-refractivity contribution in [3.05, 3.63) is 52.9 Å². The Labute approximate surface area is 135 Å². The molecule has 128 valence electrons. The van der Waals surface area contributed by atoms with Crippen LogP contribution in [-0.4, -0.2) is 37.2 Å². The zero-order chi connectivity index (χ0) is 17.2. The molecule has 5 nitrogen and oxygen atoms in total. The van der Waals surface area contributed by atoms with E-state index in [9.17, 15) is 18.0 Å². The standard InChI is InChI=1S/C16H15F3N2O3/c17-16(18,19)24-14-4-1-12(2-5-14)21-11-13(3-6-15(21)22)20-7-9-23-10-8-20/h1-6,11H,7-10H2. The fraction of sp³-hybridized carbons (Fsp3) is 0.312. The number of hydrogen-bond acceptors (Lipinski definition) is 4. The van der Waals surface area contributed by atoms with E-state index in [1.165, 1.54) is 34.9 Å². The molecule has 8 heteroatoms. The van der Waals surface area contributed by atoms with Gasteiger partial charge in [-0.15, -0.1) is 13.2 Å². The van der Waals surface area contributed by atoms with Crippen LogP contribution < -0.4 is 15.2 Å². The third-order valence-corrected chi connectivity index (χ3v) is 3.62. The van der Waals surface area contributed by atoms with Crippen molar-refractivity contribution in [3.8, 4) is 11.4 Å². The van der Waals surface area contributed by atoms with Crippen LogP contribution in [0.25, 0.3) is 5.69 Å². The number of ether oxygens (including phenoxy) is 2. The number of nitrogens with zero attached hydrogens (tertiary/aromatic N) is 2. The normalized spacial score (nSPS) is 15.4. The predicted octanol–water partition coefficient (Wildman–Crippen LogP) is 2.57. The summed E-state index contributed by atoms with van der Waals surface area (Å²) in [6.45, 7) is 2.67. The minimum atomic E-state index is -4.74. The molecule has 3 rings (SSSR count). The van der Waals surface area contributed by atoms with E-state index in [1.807, 2.05) is 0 Å². The number of benzene rings is 1. The summed E-state index contributed by atoms with van der Waals surface area (Å²) in [7, 11) is 0. The number of hydrogen-bond donors (Lipinski definition) is 0. The summed E-state index contributed by atoms with van der Waals surface area (Å²) in [4.78, 5) is 14.2. The monoisotopic (exact) mass is 340 g/mol. The molecule has 0 atom stereocenters. The molecule has 0 unspecified atom stereocenters. The van der Waals surface area contributed by atoms with Crippen molar-refractivity contribution >= 4 is 5.69 Å². The van der Waals surface area contributed by atoms with Gasteiger partial charge in [-0.05, 0) is 30.3 Å². The molecule has 0 N–H and O–H groups in total. The highest BCUT2D eigenvalue weighted by atomic mass is 19.4. The molecular formula is C16H15F3N2O3. The first-order valence-corrected chi connectivity index (χ1v) is 7.34. The molecule has 1 aromatic heterocycles. The third kappa shape index (κ3) is 3.88. The van der Waals surface area contributed by atoms with Gasteiger partial charge in [0.1, 0.15) is 5.75 Å². The lowest BCUT2D eigenvalue weighted by Crippen LogP contribution is -2.36. The lowest BCUT2D eigenvalue weighted by molar-refractivity contribution is -0.274. The van der Waals surface area contributed by atoms with E-state index in [0.717, 1.165) is 18.8 Å². The summed E-state index contributed by atoms with van der Waals surface area (Å²) in [5.74, 6) is -0.330. The SMILES string of the molecule is O=c1ccc(N2CCOCC2)cn1-c1ccc(OC(F)(F)F)cc1. The number of rotatable bonds is 3. The van der Waals surface area contributed by atoms with E-state index in [2.05, 4.69) is 9.64 Å². The quantitative estimate of drug-likeness (QED) is 0.861. The fourth-order valence-corrected chi connectivity index (χ4v) is 2.49. The Morgan fingerprint density at radius 3 is 2.21 bits per heavy atom. The Morgan fingerprint density at radius 2 is 1.58 bits per heavy atom. The number of aromatic nitrogens is 1. The summed E-state index contributed by atoms with van der Waals surface area (Å²) in [5, 5.41) is 0. The van der Waals surface area contributed by atoms with Crippen LogP contribution in [0.1, 0.15) is 0 Å². The molecule has 2 heterocycles. The lowest BCUT2D eigenvalue weighted by atomic mass is 10.2. The average molecular weight is 340 g/mol. The van der Waals surface area contributed by atoms with Gasteiger partial charge in [0.15, 0.2) is 0 Å². The van der Waals surface area contributed by atoms with E-state index >= 15 is 0 Å². The largest absolute Gasteiger partial charge is 0.573 e. The molecule has 0 aliphatic carbocycles. The number of alkyl halides is 3. The van der Waals surface area contributed by atoms with Gasteiger partial charge in [-0.25, -0.2) is 0 Å². The molecular weight excluding hydrogens is 325 g/mol. The van der Waals surface area contributed by atoms with E-state index in [-0.39, 0.29) is 11.3 Å². The fourth-order valence-electron chi connectivity index (χ4n) is 2.49. The molecule has 1 saturated heterocycles. The lowest BCUT2D eigenvalue weighted by Gasteiger charge is -2.29. The van der Waals surface area contributed by atoms with E-state index in [1.54, 1.807) is 12.3 Å². The summed E-state index contributed by atoms with van der Waals surface area (Å²) < 4.78 is 47.1. The zero-order valence-electron chi connectivity index (χ0n) is 12.6. The molecule has 1 aliphatic heterocycles. The third-order valence-electron chi connectivity index (χ3n) is 3.62. The van der Waals surface area contributed by atoms with Gasteiger partial charge < -0.3 is 14.4 Å². The molecule has 1 fully saturated rings. The molecule has 1 aromatic carbocycles. The maximum absolute atomic E-state index is 12.2. The second-order valence-corrected chi connectivity index (χ2v) is 5.24. The molecule has 24 heavy (non-hydrogen) atoms. The van der Waals surface area contributed by atoms with Crippen molar-refractivity contribution in [2.75, 3.05) is 31.2 Å². The molecule has 0 amide bonds. The minimum Gasteiger partial charge on any atom is -0.406 e. The number of pyridine rings is 1. The minimum absolute atomic E-state index is 0.267. The van der Waals surface area contributed by atoms with Crippen LogP contribution in [0.15, 0.2) is 47.4 Å². The summed E-state index contributed by atoms with van der Waals surface area (Å²) in [5.41, 5.74) is 1.05. The average Bonchev–Trinajstić information content (AvgIpc) is 2.56. The molecule has 0 saturated carbocycles. The first-order chi connectivity index (χ1) is 11.4. The zero-order valence-corrected chi connectivity index (χ0v) is 12.6. The topological polar surface area (TPSA) is 43.7 Å². The van der Waals surface area contributed by atoms with Crippen molar-refractivity contribution in [2.24, 2.45) is 0 Å². The van der Waals surface area contributed by atoms with Crippen LogP contribution >= 0.6 is 0 Å². The van der Waals surface area contributed by atoms with Crippen molar-refractivity contribution < 1.29 is 22.6 Å². The molecule has 2 aromatic rings. The smallest absolute Gasteiger partial charge is 0.406 e. The second kappa shape index (κ2) is 6.56. The van der Waals surface area contributed by atoms with E-state index in [0.29, 0.717) is 18.9 Å². The summed E-state index contributed by atoms with van der Waals surface area (Å²) in [6.07, 6.45) is -3.07. The second-order valence-electron chi connectivity index (χ2n) is 5.24. The number of anilines is 1. The molecule has 0 radical (unpaired) electrons. The van der Waals surface area contributed by atoms with Gasteiger partial charge in [-0.1, -0.05) is 0 Å². The first kappa shape index (κ1) is 16.4. The summed E-state index contributed by atoms with van der Waals surface area (Å²) >= 11 is 0. The predicted molar refractivity (Wildman–Crippen MR) is 81.8 cm³/mol. The van der Waals surface area contributed by atoms with E-state index < -0.39 is 6.36 Å². The first-order valence-electron chi connectivity index (χ1n) is 7.34. The van der Waals surface area contributed by atoms with Gasteiger partial charge >= 0.3 is 6.36 Å². The maximum Gasteiger partial charge on any atom is 0.573 e. The van der Waals surface area contributed by atoms with Gasteiger partial charge in [0.2, 0.25) is 0 Å². The molecule has 0 spiro atoms. The van der Waals surface area contributed by atoms with Gasteiger partial charge in [-0.3, -0.25) is 9.36 Å².